The largest absolute Gasteiger partial charge is 0.507 e. The molecular formula is C14H12O2S. The summed E-state index contributed by atoms with van der Waals surface area (Å²) in [5.74, 6) is 0.0199. The van der Waals surface area contributed by atoms with Crippen molar-refractivity contribution in [2.75, 3.05) is 6.26 Å². The van der Waals surface area contributed by atoms with Crippen LogP contribution in [0.5, 0.6) is 5.75 Å². The summed E-state index contributed by atoms with van der Waals surface area (Å²) in [6.45, 7) is 0. The van der Waals surface area contributed by atoms with Gasteiger partial charge in [-0.1, -0.05) is 18.2 Å². The number of aldehydes is 1. The van der Waals surface area contributed by atoms with E-state index in [0.29, 0.717) is 11.8 Å². The molecule has 0 aliphatic heterocycles. The smallest absolute Gasteiger partial charge is 0.153 e. The fourth-order valence-electron chi connectivity index (χ4n) is 1.61. The van der Waals surface area contributed by atoms with Crippen LogP contribution in [0.25, 0.3) is 11.1 Å². The third kappa shape index (κ3) is 2.50. The highest BCUT2D eigenvalue weighted by atomic mass is 32.2. The topological polar surface area (TPSA) is 37.3 Å². The van der Waals surface area contributed by atoms with Crippen molar-refractivity contribution in [1.82, 2.24) is 0 Å². The first kappa shape index (κ1) is 11.7. The van der Waals surface area contributed by atoms with E-state index in [2.05, 4.69) is 0 Å². The van der Waals surface area contributed by atoms with Crippen LogP contribution in [0.4, 0.5) is 0 Å². The number of aromatic hydroxyl groups is 1. The molecule has 86 valence electrons. The van der Waals surface area contributed by atoms with Crippen LogP contribution in [0.15, 0.2) is 47.4 Å². The average Bonchev–Trinajstić information content (AvgIpc) is 2.39. The molecule has 0 radical (unpaired) electrons. The van der Waals surface area contributed by atoms with Gasteiger partial charge in [-0.05, 0) is 41.6 Å². The molecule has 0 amide bonds. The van der Waals surface area contributed by atoms with Gasteiger partial charge in [-0.15, -0.1) is 11.8 Å². The standard InChI is InChI=1S/C14H12O2S/c1-17-13-6-4-10(5-7-13)11-2-3-12(9-15)14(16)8-11/h2-9,16H,1H3. The number of hydrogen-bond acceptors (Lipinski definition) is 3. The number of carbonyl (C=O) groups excluding carboxylic acids is 1. The van der Waals surface area contributed by atoms with Crippen LogP contribution < -0.4 is 0 Å². The zero-order chi connectivity index (χ0) is 12.3. The lowest BCUT2D eigenvalue weighted by atomic mass is 10.0. The minimum atomic E-state index is 0.0199. The molecule has 0 heterocycles. The summed E-state index contributed by atoms with van der Waals surface area (Å²) >= 11 is 1.69. The predicted molar refractivity (Wildman–Crippen MR) is 70.7 cm³/mol. The van der Waals surface area contributed by atoms with Crippen molar-refractivity contribution in [3.05, 3.63) is 48.0 Å². The van der Waals surface area contributed by atoms with Gasteiger partial charge in [0.2, 0.25) is 0 Å². The Morgan fingerprint density at radius 2 is 1.71 bits per heavy atom. The Morgan fingerprint density at radius 3 is 2.24 bits per heavy atom. The second-order valence-electron chi connectivity index (χ2n) is 3.62. The summed E-state index contributed by atoms with van der Waals surface area (Å²) < 4.78 is 0. The SMILES string of the molecule is CSc1ccc(-c2ccc(C=O)c(O)c2)cc1. The number of carbonyl (C=O) groups is 1. The molecule has 0 bridgehead atoms. The molecule has 2 nitrogen and oxygen atoms in total. The van der Waals surface area contributed by atoms with Crippen LogP contribution in [0.1, 0.15) is 10.4 Å². The number of rotatable bonds is 3. The molecule has 0 aromatic heterocycles. The second kappa shape index (κ2) is 5.06. The molecule has 3 heteroatoms. The van der Waals surface area contributed by atoms with E-state index in [1.54, 1.807) is 23.9 Å². The van der Waals surface area contributed by atoms with E-state index in [1.807, 2.05) is 36.6 Å². The molecule has 17 heavy (non-hydrogen) atoms. The monoisotopic (exact) mass is 244 g/mol. The van der Waals surface area contributed by atoms with Crippen LogP contribution in [0.3, 0.4) is 0 Å². The first-order chi connectivity index (χ1) is 8.24. The van der Waals surface area contributed by atoms with Crippen molar-refractivity contribution in [2.24, 2.45) is 0 Å². The van der Waals surface area contributed by atoms with Gasteiger partial charge in [0.1, 0.15) is 5.75 Å². The summed E-state index contributed by atoms with van der Waals surface area (Å²) in [5, 5.41) is 9.62. The van der Waals surface area contributed by atoms with Crippen molar-refractivity contribution in [1.29, 1.82) is 0 Å². The molecule has 0 saturated heterocycles. The molecule has 0 aliphatic rings. The predicted octanol–water partition coefficient (Wildman–Crippen LogP) is 3.59. The maximum Gasteiger partial charge on any atom is 0.153 e. The van der Waals surface area contributed by atoms with Crippen molar-refractivity contribution < 1.29 is 9.90 Å². The van der Waals surface area contributed by atoms with Crippen LogP contribution in [-0.2, 0) is 0 Å². The van der Waals surface area contributed by atoms with Crippen LogP contribution >= 0.6 is 11.8 Å². The molecule has 2 aromatic rings. The van der Waals surface area contributed by atoms with Crippen LogP contribution in [0.2, 0.25) is 0 Å². The first-order valence-corrected chi connectivity index (χ1v) is 6.39. The molecule has 2 aromatic carbocycles. The highest BCUT2D eigenvalue weighted by Crippen LogP contribution is 2.27. The number of benzene rings is 2. The van der Waals surface area contributed by atoms with E-state index in [1.165, 1.54) is 4.90 Å². The average molecular weight is 244 g/mol. The summed E-state index contributed by atoms with van der Waals surface area (Å²) in [6, 6.07) is 13.1. The third-order valence-corrected chi connectivity index (χ3v) is 3.32. The Hall–Kier alpha value is -1.74. The summed E-state index contributed by atoms with van der Waals surface area (Å²) in [6.07, 6.45) is 2.68. The van der Waals surface area contributed by atoms with E-state index >= 15 is 0 Å². The Balaban J connectivity index is 2.38. The molecule has 2 rings (SSSR count). The van der Waals surface area contributed by atoms with Crippen molar-refractivity contribution in [2.45, 2.75) is 4.90 Å². The van der Waals surface area contributed by atoms with Gasteiger partial charge < -0.3 is 5.11 Å². The van der Waals surface area contributed by atoms with E-state index in [0.717, 1.165) is 11.1 Å². The minimum absolute atomic E-state index is 0.0199. The van der Waals surface area contributed by atoms with Gasteiger partial charge in [-0.3, -0.25) is 4.79 Å². The first-order valence-electron chi connectivity index (χ1n) is 5.17. The quantitative estimate of drug-likeness (QED) is 0.662. The van der Waals surface area contributed by atoms with Gasteiger partial charge in [-0.25, -0.2) is 0 Å². The van der Waals surface area contributed by atoms with Gasteiger partial charge >= 0.3 is 0 Å². The normalized spacial score (nSPS) is 10.2. The van der Waals surface area contributed by atoms with Crippen molar-refractivity contribution in [3.63, 3.8) is 0 Å². The van der Waals surface area contributed by atoms with Crippen molar-refractivity contribution >= 4 is 18.0 Å². The van der Waals surface area contributed by atoms with Crippen LogP contribution in [-0.4, -0.2) is 17.6 Å². The number of hydrogen-bond donors (Lipinski definition) is 1. The third-order valence-electron chi connectivity index (χ3n) is 2.58. The fraction of sp³-hybridized carbons (Fsp3) is 0.0714. The summed E-state index contributed by atoms with van der Waals surface area (Å²) in [7, 11) is 0. The molecule has 0 spiro atoms. The maximum absolute atomic E-state index is 10.6. The highest BCUT2D eigenvalue weighted by molar-refractivity contribution is 7.98. The second-order valence-corrected chi connectivity index (χ2v) is 4.50. The summed E-state index contributed by atoms with van der Waals surface area (Å²) in [4.78, 5) is 11.8. The molecule has 1 N–H and O–H groups in total. The lowest BCUT2D eigenvalue weighted by Crippen LogP contribution is -1.83. The van der Waals surface area contributed by atoms with Gasteiger partial charge in [0, 0.05) is 4.90 Å². The Kier molecular flexibility index (Phi) is 3.49. The number of phenolic OH excluding ortho intramolecular Hbond substituents is 1. The van der Waals surface area contributed by atoms with E-state index in [4.69, 9.17) is 0 Å². The molecule has 0 aliphatic carbocycles. The lowest BCUT2D eigenvalue weighted by Gasteiger charge is -2.05. The van der Waals surface area contributed by atoms with E-state index in [-0.39, 0.29) is 5.75 Å². The van der Waals surface area contributed by atoms with Gasteiger partial charge in [0.05, 0.1) is 5.56 Å². The Bertz CT molecular complexity index is 532. The van der Waals surface area contributed by atoms with Gasteiger partial charge in [0.15, 0.2) is 6.29 Å². The number of phenols is 1. The zero-order valence-electron chi connectivity index (χ0n) is 9.38. The Labute approximate surface area is 104 Å². The highest BCUT2D eigenvalue weighted by Gasteiger charge is 2.03. The van der Waals surface area contributed by atoms with Gasteiger partial charge in [0.25, 0.3) is 0 Å². The van der Waals surface area contributed by atoms with E-state index < -0.39 is 0 Å². The van der Waals surface area contributed by atoms with E-state index in [9.17, 15) is 9.90 Å². The maximum atomic E-state index is 10.6. The molecular weight excluding hydrogens is 232 g/mol. The van der Waals surface area contributed by atoms with Crippen molar-refractivity contribution in [3.8, 4) is 16.9 Å². The zero-order valence-corrected chi connectivity index (χ0v) is 10.2. The van der Waals surface area contributed by atoms with Gasteiger partial charge in [-0.2, -0.15) is 0 Å². The van der Waals surface area contributed by atoms with Crippen LogP contribution in [0, 0.1) is 0 Å². The molecule has 0 atom stereocenters. The fourth-order valence-corrected chi connectivity index (χ4v) is 2.01. The minimum Gasteiger partial charge on any atom is -0.507 e. The molecule has 0 unspecified atom stereocenters. The molecule has 0 fully saturated rings. The number of thioether (sulfide) groups is 1. The Morgan fingerprint density at radius 1 is 1.06 bits per heavy atom. The molecule has 0 saturated carbocycles. The lowest BCUT2D eigenvalue weighted by molar-refractivity contribution is 0.112. The summed E-state index contributed by atoms with van der Waals surface area (Å²) in [5.41, 5.74) is 2.24.